The first-order valence-corrected chi connectivity index (χ1v) is 9.24. The molecule has 0 aromatic rings. The normalized spacial score (nSPS) is 26.9. The molecular formula is C19H38N2. The summed E-state index contributed by atoms with van der Waals surface area (Å²) in [6.45, 7) is 18.3. The molecule has 2 fully saturated rings. The lowest BCUT2D eigenvalue weighted by Crippen LogP contribution is -2.43. The summed E-state index contributed by atoms with van der Waals surface area (Å²) in [5, 5.41) is 3.76. The highest BCUT2D eigenvalue weighted by Gasteiger charge is 2.39. The first-order chi connectivity index (χ1) is 9.81. The Bertz CT molecular complexity index is 310. The van der Waals surface area contributed by atoms with Crippen molar-refractivity contribution in [3.63, 3.8) is 0 Å². The van der Waals surface area contributed by atoms with Crippen LogP contribution in [0.25, 0.3) is 0 Å². The summed E-state index contributed by atoms with van der Waals surface area (Å²) < 4.78 is 0. The van der Waals surface area contributed by atoms with Crippen molar-refractivity contribution in [2.75, 3.05) is 32.7 Å². The Morgan fingerprint density at radius 3 is 2.38 bits per heavy atom. The summed E-state index contributed by atoms with van der Waals surface area (Å²) in [7, 11) is 0. The molecule has 2 heteroatoms. The van der Waals surface area contributed by atoms with Crippen LogP contribution in [0.3, 0.4) is 0 Å². The average Bonchev–Trinajstić information content (AvgIpc) is 2.98. The van der Waals surface area contributed by atoms with E-state index in [0.29, 0.717) is 10.8 Å². The molecule has 1 aliphatic heterocycles. The minimum atomic E-state index is 0.480. The third-order valence-corrected chi connectivity index (χ3v) is 5.77. The van der Waals surface area contributed by atoms with Crippen molar-refractivity contribution in [1.82, 2.24) is 10.2 Å². The first-order valence-electron chi connectivity index (χ1n) is 9.24. The van der Waals surface area contributed by atoms with E-state index in [1.54, 1.807) is 0 Å². The highest BCUT2D eigenvalue weighted by atomic mass is 15.2. The van der Waals surface area contributed by atoms with E-state index in [9.17, 15) is 0 Å². The quantitative estimate of drug-likeness (QED) is 0.791. The Hall–Kier alpha value is -0.0800. The van der Waals surface area contributed by atoms with Gasteiger partial charge in [0.05, 0.1) is 0 Å². The van der Waals surface area contributed by atoms with E-state index in [1.165, 1.54) is 64.8 Å². The zero-order valence-electron chi connectivity index (χ0n) is 15.2. The molecule has 1 saturated heterocycles. The van der Waals surface area contributed by atoms with E-state index < -0.39 is 0 Å². The van der Waals surface area contributed by atoms with Gasteiger partial charge >= 0.3 is 0 Å². The van der Waals surface area contributed by atoms with Crippen LogP contribution >= 0.6 is 0 Å². The van der Waals surface area contributed by atoms with E-state index >= 15 is 0 Å². The fourth-order valence-electron chi connectivity index (χ4n) is 4.30. The summed E-state index contributed by atoms with van der Waals surface area (Å²) >= 11 is 0. The van der Waals surface area contributed by atoms with Gasteiger partial charge in [0.15, 0.2) is 0 Å². The molecule has 1 N–H and O–H groups in total. The monoisotopic (exact) mass is 294 g/mol. The molecule has 0 bridgehead atoms. The van der Waals surface area contributed by atoms with Crippen LogP contribution in [0.2, 0.25) is 0 Å². The number of likely N-dealkylation sites (tertiary alicyclic amines) is 1. The van der Waals surface area contributed by atoms with Gasteiger partial charge in [-0.05, 0) is 55.0 Å². The van der Waals surface area contributed by atoms with Gasteiger partial charge in [-0.15, -0.1) is 0 Å². The molecule has 21 heavy (non-hydrogen) atoms. The molecule has 1 aliphatic carbocycles. The number of nitrogens with one attached hydrogen (secondary N) is 1. The van der Waals surface area contributed by atoms with Gasteiger partial charge in [0.1, 0.15) is 0 Å². The number of hydrogen-bond donors (Lipinski definition) is 1. The smallest absolute Gasteiger partial charge is 0.00503 e. The number of hydrogen-bond acceptors (Lipinski definition) is 2. The van der Waals surface area contributed by atoms with Crippen LogP contribution in [0.4, 0.5) is 0 Å². The Labute approximate surface area is 133 Å². The Morgan fingerprint density at radius 1 is 1.19 bits per heavy atom. The topological polar surface area (TPSA) is 15.3 Å². The standard InChI is InChI=1S/C19H38N2/c1-16(2)12-20-14-19(9-6-7-10-19)15-21-11-8-17(13-21)18(3,4)5/h16-17,20H,6-15H2,1-5H3. The summed E-state index contributed by atoms with van der Waals surface area (Å²) in [6.07, 6.45) is 7.17. The molecule has 2 nitrogen and oxygen atoms in total. The second-order valence-electron chi connectivity index (χ2n) is 9.32. The van der Waals surface area contributed by atoms with Crippen LogP contribution in [-0.4, -0.2) is 37.6 Å². The average molecular weight is 295 g/mol. The predicted octanol–water partition coefficient (Wildman–Crippen LogP) is 4.16. The summed E-state index contributed by atoms with van der Waals surface area (Å²) in [6, 6.07) is 0. The van der Waals surface area contributed by atoms with Crippen LogP contribution in [0.1, 0.15) is 66.7 Å². The molecule has 0 aromatic carbocycles. The van der Waals surface area contributed by atoms with Gasteiger partial charge in [-0.2, -0.15) is 0 Å². The van der Waals surface area contributed by atoms with Crippen LogP contribution in [0.15, 0.2) is 0 Å². The Kier molecular flexibility index (Phi) is 5.76. The fraction of sp³-hybridized carbons (Fsp3) is 1.00. The molecule has 1 atom stereocenters. The summed E-state index contributed by atoms with van der Waals surface area (Å²) in [5.74, 6) is 1.65. The third kappa shape index (κ3) is 4.96. The molecule has 0 amide bonds. The second-order valence-corrected chi connectivity index (χ2v) is 9.32. The Morgan fingerprint density at radius 2 is 1.86 bits per heavy atom. The largest absolute Gasteiger partial charge is 0.316 e. The second kappa shape index (κ2) is 7.00. The van der Waals surface area contributed by atoms with E-state index in [-0.39, 0.29) is 0 Å². The fourth-order valence-corrected chi connectivity index (χ4v) is 4.30. The minimum absolute atomic E-state index is 0.480. The van der Waals surface area contributed by atoms with Crippen molar-refractivity contribution < 1.29 is 0 Å². The maximum Gasteiger partial charge on any atom is 0.00503 e. The van der Waals surface area contributed by atoms with Gasteiger partial charge in [0, 0.05) is 19.6 Å². The van der Waals surface area contributed by atoms with Gasteiger partial charge in [0.25, 0.3) is 0 Å². The molecule has 1 unspecified atom stereocenters. The Balaban J connectivity index is 1.86. The van der Waals surface area contributed by atoms with Crippen LogP contribution in [0.5, 0.6) is 0 Å². The molecule has 124 valence electrons. The summed E-state index contributed by atoms with van der Waals surface area (Å²) in [4.78, 5) is 2.78. The number of nitrogens with zero attached hydrogens (tertiary/aromatic N) is 1. The van der Waals surface area contributed by atoms with Crippen molar-refractivity contribution in [3.05, 3.63) is 0 Å². The number of rotatable bonds is 6. The highest BCUT2D eigenvalue weighted by molar-refractivity contribution is 4.93. The lowest BCUT2D eigenvalue weighted by molar-refractivity contribution is 0.154. The van der Waals surface area contributed by atoms with Crippen molar-refractivity contribution in [2.24, 2.45) is 22.7 Å². The maximum atomic E-state index is 3.76. The third-order valence-electron chi connectivity index (χ3n) is 5.77. The molecule has 0 radical (unpaired) electrons. The van der Waals surface area contributed by atoms with E-state index in [2.05, 4.69) is 44.8 Å². The molecule has 2 aliphatic rings. The van der Waals surface area contributed by atoms with E-state index in [0.717, 1.165) is 11.8 Å². The van der Waals surface area contributed by atoms with Crippen molar-refractivity contribution in [2.45, 2.75) is 66.7 Å². The predicted molar refractivity (Wildman–Crippen MR) is 92.6 cm³/mol. The zero-order chi connectivity index (χ0) is 15.5. The minimum Gasteiger partial charge on any atom is -0.316 e. The van der Waals surface area contributed by atoms with Crippen molar-refractivity contribution in [1.29, 1.82) is 0 Å². The van der Waals surface area contributed by atoms with Gasteiger partial charge in [-0.1, -0.05) is 47.5 Å². The van der Waals surface area contributed by atoms with Crippen molar-refractivity contribution >= 4 is 0 Å². The summed E-state index contributed by atoms with van der Waals surface area (Å²) in [5.41, 5.74) is 1.05. The highest BCUT2D eigenvalue weighted by Crippen LogP contribution is 2.41. The van der Waals surface area contributed by atoms with Gasteiger partial charge in [-0.25, -0.2) is 0 Å². The van der Waals surface area contributed by atoms with Crippen molar-refractivity contribution in [3.8, 4) is 0 Å². The SMILES string of the molecule is CC(C)CNCC1(CN2CCC(C(C)(C)C)C2)CCCC1. The molecule has 1 saturated carbocycles. The van der Waals surface area contributed by atoms with Gasteiger partial charge < -0.3 is 10.2 Å². The first kappa shape index (κ1) is 17.3. The van der Waals surface area contributed by atoms with Gasteiger partial charge in [-0.3, -0.25) is 0 Å². The van der Waals surface area contributed by atoms with Crippen LogP contribution in [0, 0.1) is 22.7 Å². The van der Waals surface area contributed by atoms with Crippen LogP contribution in [-0.2, 0) is 0 Å². The van der Waals surface area contributed by atoms with Crippen LogP contribution < -0.4 is 5.32 Å². The molecule has 0 spiro atoms. The van der Waals surface area contributed by atoms with E-state index in [4.69, 9.17) is 0 Å². The lowest BCUT2D eigenvalue weighted by Gasteiger charge is -2.35. The van der Waals surface area contributed by atoms with E-state index in [1.807, 2.05) is 0 Å². The molecule has 1 heterocycles. The molecule has 0 aromatic heterocycles. The molecule has 2 rings (SSSR count). The zero-order valence-corrected chi connectivity index (χ0v) is 15.2. The molecular weight excluding hydrogens is 256 g/mol. The lowest BCUT2D eigenvalue weighted by atomic mass is 9.80. The van der Waals surface area contributed by atoms with Gasteiger partial charge in [0.2, 0.25) is 0 Å². The maximum absolute atomic E-state index is 3.76.